The monoisotopic (exact) mass is 590 g/mol. The molecular formula is C25H36I2. The van der Waals surface area contributed by atoms with Crippen LogP contribution in [0, 0.1) is 38.5 Å². The molecule has 0 aliphatic heterocycles. The van der Waals surface area contributed by atoms with Gasteiger partial charge in [-0.2, -0.15) is 0 Å². The molecule has 0 aromatic heterocycles. The van der Waals surface area contributed by atoms with Crippen LogP contribution in [0.2, 0.25) is 0 Å². The molecule has 0 nitrogen and oxygen atoms in total. The zero-order valence-corrected chi connectivity index (χ0v) is 21.7. The van der Waals surface area contributed by atoms with Crippen LogP contribution >= 0.6 is 37.2 Å². The molecular weight excluding hydrogens is 554 g/mol. The molecule has 0 atom stereocenters. The maximum absolute atomic E-state index is 3.70. The molecule has 1 aromatic rings. The van der Waals surface area contributed by atoms with Crippen LogP contribution in [0.25, 0.3) is 0 Å². The van der Waals surface area contributed by atoms with E-state index >= 15 is 0 Å². The topological polar surface area (TPSA) is 0 Å². The van der Waals surface area contributed by atoms with Gasteiger partial charge < -0.3 is 0 Å². The summed E-state index contributed by atoms with van der Waals surface area (Å²) < 4.78 is 0. The summed E-state index contributed by atoms with van der Waals surface area (Å²) in [5.41, 5.74) is 8.98. The van der Waals surface area contributed by atoms with Crippen molar-refractivity contribution in [2.45, 2.75) is 84.5 Å². The van der Waals surface area contributed by atoms with Crippen molar-refractivity contribution >= 4 is 37.2 Å². The SMILES string of the molecule is C=C=CCC1CCC(C2CCC(c3cc(C)c(C)c(C)c3)CC2)CC1.II. The van der Waals surface area contributed by atoms with Crippen molar-refractivity contribution in [3.8, 4) is 0 Å². The van der Waals surface area contributed by atoms with Gasteiger partial charge in [0.25, 0.3) is 0 Å². The minimum absolute atomic E-state index is 0.809. The van der Waals surface area contributed by atoms with E-state index in [2.05, 4.69) is 88.5 Å². The first kappa shape index (κ1) is 23.5. The fourth-order valence-electron chi connectivity index (χ4n) is 5.37. The average molecular weight is 590 g/mol. The molecule has 3 rings (SSSR count). The Morgan fingerprint density at radius 1 is 0.889 bits per heavy atom. The number of allylic oxidation sites excluding steroid dienone is 1. The minimum atomic E-state index is 0.809. The van der Waals surface area contributed by atoms with E-state index in [9.17, 15) is 0 Å². The molecule has 27 heavy (non-hydrogen) atoms. The number of aryl methyl sites for hydroxylation is 2. The van der Waals surface area contributed by atoms with Gasteiger partial charge in [0.05, 0.1) is 0 Å². The molecule has 0 amide bonds. The lowest BCUT2D eigenvalue weighted by molar-refractivity contribution is 0.160. The normalized spacial score (nSPS) is 27.9. The van der Waals surface area contributed by atoms with Crippen LogP contribution in [0.3, 0.4) is 0 Å². The Morgan fingerprint density at radius 3 is 1.85 bits per heavy atom. The Kier molecular flexibility index (Phi) is 10.5. The van der Waals surface area contributed by atoms with Crippen LogP contribution in [-0.2, 0) is 0 Å². The van der Waals surface area contributed by atoms with Crippen LogP contribution in [0.5, 0.6) is 0 Å². The van der Waals surface area contributed by atoms with Crippen LogP contribution < -0.4 is 0 Å². The third kappa shape index (κ3) is 6.60. The fraction of sp³-hybridized carbons (Fsp3) is 0.640. The van der Waals surface area contributed by atoms with Gasteiger partial charge in [-0.25, -0.2) is 0 Å². The Hall–Kier alpha value is 0.200. The van der Waals surface area contributed by atoms with E-state index in [4.69, 9.17) is 0 Å². The predicted molar refractivity (Wildman–Crippen MR) is 137 cm³/mol. The molecule has 2 heteroatoms. The summed E-state index contributed by atoms with van der Waals surface area (Å²) >= 11 is 4.24. The fourth-order valence-corrected chi connectivity index (χ4v) is 5.37. The maximum Gasteiger partial charge on any atom is 0 e. The quantitative estimate of drug-likeness (QED) is 0.242. The second-order valence-electron chi connectivity index (χ2n) is 8.82. The first-order valence-corrected chi connectivity index (χ1v) is 16.9. The summed E-state index contributed by atoms with van der Waals surface area (Å²) in [4.78, 5) is 0. The molecule has 0 bridgehead atoms. The van der Waals surface area contributed by atoms with E-state index in [1.165, 1.54) is 74.5 Å². The van der Waals surface area contributed by atoms with Crippen LogP contribution in [0.4, 0.5) is 0 Å². The molecule has 2 aliphatic rings. The molecule has 0 N–H and O–H groups in total. The molecule has 1 aromatic carbocycles. The van der Waals surface area contributed by atoms with E-state index in [1.807, 2.05) is 0 Å². The van der Waals surface area contributed by atoms with Crippen molar-refractivity contribution in [3.63, 3.8) is 0 Å². The van der Waals surface area contributed by atoms with Gasteiger partial charge in [-0.3, -0.25) is 0 Å². The molecule has 150 valence electrons. The number of benzene rings is 1. The summed E-state index contributed by atoms with van der Waals surface area (Å²) in [7, 11) is 0. The van der Waals surface area contributed by atoms with Crippen molar-refractivity contribution in [3.05, 3.63) is 52.8 Å². The van der Waals surface area contributed by atoms with E-state index in [0.717, 1.165) is 23.7 Å². The van der Waals surface area contributed by atoms with Crippen LogP contribution in [0.15, 0.2) is 30.5 Å². The van der Waals surface area contributed by atoms with E-state index in [0.29, 0.717) is 0 Å². The van der Waals surface area contributed by atoms with Gasteiger partial charge in [-0.1, -0.05) is 18.7 Å². The summed E-state index contributed by atoms with van der Waals surface area (Å²) in [5.74, 6) is 3.72. The highest BCUT2D eigenvalue weighted by Gasteiger charge is 2.31. The standard InChI is InChI=1S/C25H36.I2/c1-5-6-7-21-8-10-22(11-9-21)23-12-14-24(15-13-23)25-16-18(2)20(4)19(3)17-25;1-2/h6,16-17,21-24H,1,7-15H2,2-4H3;. The second kappa shape index (κ2) is 12.0. The van der Waals surface area contributed by atoms with Crippen LogP contribution in [0.1, 0.15) is 86.0 Å². The molecule has 2 fully saturated rings. The van der Waals surface area contributed by atoms with E-state index < -0.39 is 0 Å². The highest BCUT2D eigenvalue weighted by Crippen LogP contribution is 2.44. The van der Waals surface area contributed by atoms with Gasteiger partial charge in [-0.05, 0) is 131 Å². The number of hydrogen-bond donors (Lipinski definition) is 0. The highest BCUT2D eigenvalue weighted by atomic mass is 128. The van der Waals surface area contributed by atoms with Crippen LogP contribution in [-0.4, -0.2) is 0 Å². The van der Waals surface area contributed by atoms with E-state index in [1.54, 1.807) is 5.56 Å². The van der Waals surface area contributed by atoms with Gasteiger partial charge >= 0.3 is 0 Å². The lowest BCUT2D eigenvalue weighted by atomic mass is 9.68. The average Bonchev–Trinajstić information content (AvgIpc) is 2.72. The van der Waals surface area contributed by atoms with Crippen molar-refractivity contribution < 1.29 is 0 Å². The second-order valence-corrected chi connectivity index (χ2v) is 8.82. The summed E-state index contributed by atoms with van der Waals surface area (Å²) in [5, 5.41) is 0. The van der Waals surface area contributed by atoms with Crippen molar-refractivity contribution in [1.29, 1.82) is 0 Å². The molecule has 0 unspecified atom stereocenters. The molecule has 0 heterocycles. The van der Waals surface area contributed by atoms with Crippen molar-refractivity contribution in [2.75, 3.05) is 0 Å². The molecule has 0 saturated heterocycles. The third-order valence-electron chi connectivity index (χ3n) is 7.35. The summed E-state index contributed by atoms with van der Waals surface area (Å²) in [6, 6.07) is 4.93. The Bertz CT molecular complexity index is 603. The third-order valence-corrected chi connectivity index (χ3v) is 7.35. The zero-order valence-electron chi connectivity index (χ0n) is 17.4. The zero-order chi connectivity index (χ0) is 19.8. The Labute approximate surface area is 191 Å². The maximum atomic E-state index is 3.70. The Balaban J connectivity index is 0.00000126. The summed E-state index contributed by atoms with van der Waals surface area (Å²) in [6.07, 6.45) is 14.9. The predicted octanol–water partition coefficient (Wildman–Crippen LogP) is 9.19. The van der Waals surface area contributed by atoms with Gasteiger partial charge in [-0.15, -0.1) is 5.73 Å². The first-order chi connectivity index (χ1) is 13.1. The number of hydrogen-bond acceptors (Lipinski definition) is 0. The molecule has 2 saturated carbocycles. The largest absolute Gasteiger partial charge is 0.133 e. The van der Waals surface area contributed by atoms with Gasteiger partial charge in [0, 0.05) is 37.2 Å². The van der Waals surface area contributed by atoms with Crippen molar-refractivity contribution in [2.24, 2.45) is 17.8 Å². The first-order valence-electron chi connectivity index (χ1n) is 10.6. The summed E-state index contributed by atoms with van der Waals surface area (Å²) in [6.45, 7) is 10.5. The van der Waals surface area contributed by atoms with Gasteiger partial charge in [0.15, 0.2) is 0 Å². The lowest BCUT2D eigenvalue weighted by Gasteiger charge is -2.38. The Morgan fingerprint density at radius 2 is 1.37 bits per heavy atom. The molecule has 2 aliphatic carbocycles. The van der Waals surface area contributed by atoms with Crippen molar-refractivity contribution in [1.82, 2.24) is 0 Å². The highest BCUT2D eigenvalue weighted by molar-refractivity contribution is 15.0. The van der Waals surface area contributed by atoms with Gasteiger partial charge in [0.2, 0.25) is 0 Å². The lowest BCUT2D eigenvalue weighted by Crippen LogP contribution is -2.25. The molecule has 0 spiro atoms. The van der Waals surface area contributed by atoms with Gasteiger partial charge in [0.1, 0.15) is 0 Å². The smallest absolute Gasteiger partial charge is 0 e. The molecule has 0 radical (unpaired) electrons. The number of halogens is 2. The van der Waals surface area contributed by atoms with E-state index in [-0.39, 0.29) is 0 Å². The minimum Gasteiger partial charge on any atom is -0.133 e. The number of rotatable bonds is 4.